The van der Waals surface area contributed by atoms with E-state index in [1.54, 1.807) is 12.3 Å². The molecule has 3 aliphatic rings. The van der Waals surface area contributed by atoms with Crippen LogP contribution in [-0.2, 0) is 18.4 Å². The van der Waals surface area contributed by atoms with E-state index in [9.17, 15) is 4.79 Å². The van der Waals surface area contributed by atoms with Gasteiger partial charge < -0.3 is 25.2 Å². The number of ether oxygens (including phenoxy) is 1. The SMILES string of the molecule is CN1CCC(CN2CC(C)(C)c3ccc(NC(=O)c4cccnc4NCc4ccc5c(c4)CCO5)cc32)CC1. The van der Waals surface area contributed by atoms with Crippen LogP contribution >= 0.6 is 0 Å². The summed E-state index contributed by atoms with van der Waals surface area (Å²) >= 11 is 0. The molecule has 1 saturated heterocycles. The number of rotatable bonds is 7. The Morgan fingerprint density at radius 1 is 1.13 bits per heavy atom. The molecule has 6 rings (SSSR count). The van der Waals surface area contributed by atoms with Crippen molar-refractivity contribution in [1.29, 1.82) is 0 Å². The summed E-state index contributed by atoms with van der Waals surface area (Å²) in [5, 5.41) is 6.52. The van der Waals surface area contributed by atoms with E-state index in [1.807, 2.05) is 18.2 Å². The van der Waals surface area contributed by atoms with Crippen LogP contribution in [-0.4, -0.2) is 55.6 Å². The van der Waals surface area contributed by atoms with Crippen LogP contribution in [0.1, 0.15) is 53.7 Å². The lowest BCUT2D eigenvalue weighted by atomic mass is 9.87. The van der Waals surface area contributed by atoms with Gasteiger partial charge in [0.05, 0.1) is 12.2 Å². The lowest BCUT2D eigenvalue weighted by Gasteiger charge is -2.33. The normalized spacial score (nSPS) is 18.4. The van der Waals surface area contributed by atoms with Crippen LogP contribution in [0.25, 0.3) is 0 Å². The maximum absolute atomic E-state index is 13.4. The van der Waals surface area contributed by atoms with Gasteiger partial charge in [0.15, 0.2) is 0 Å². The second kappa shape index (κ2) is 10.5. The molecule has 1 aromatic heterocycles. The van der Waals surface area contributed by atoms with Gasteiger partial charge in [-0.2, -0.15) is 0 Å². The van der Waals surface area contributed by atoms with Gasteiger partial charge in [-0.1, -0.05) is 32.0 Å². The summed E-state index contributed by atoms with van der Waals surface area (Å²) in [5.41, 5.74) is 6.43. The molecule has 0 bridgehead atoms. The van der Waals surface area contributed by atoms with Gasteiger partial charge in [0.25, 0.3) is 5.91 Å². The molecule has 0 spiro atoms. The third-order valence-electron chi connectivity index (χ3n) is 8.49. The van der Waals surface area contributed by atoms with Crippen LogP contribution in [0.5, 0.6) is 5.75 Å². The summed E-state index contributed by atoms with van der Waals surface area (Å²) in [6, 6.07) is 16.3. The minimum atomic E-state index is -0.160. The molecular weight excluding hydrogens is 486 g/mol. The summed E-state index contributed by atoms with van der Waals surface area (Å²) in [4.78, 5) is 22.9. The zero-order valence-electron chi connectivity index (χ0n) is 23.3. The van der Waals surface area contributed by atoms with Crippen molar-refractivity contribution in [3.63, 3.8) is 0 Å². The number of aromatic nitrogens is 1. The van der Waals surface area contributed by atoms with E-state index in [0.717, 1.165) is 43.1 Å². The van der Waals surface area contributed by atoms with Gasteiger partial charge >= 0.3 is 0 Å². The largest absolute Gasteiger partial charge is 0.493 e. The van der Waals surface area contributed by atoms with E-state index in [2.05, 4.69) is 70.6 Å². The van der Waals surface area contributed by atoms with E-state index >= 15 is 0 Å². The molecule has 0 unspecified atom stereocenters. The fraction of sp³-hybridized carbons (Fsp3) is 0.438. The number of carbonyl (C=O) groups is 1. The quantitative estimate of drug-likeness (QED) is 0.435. The number of nitrogens with zero attached hydrogens (tertiary/aromatic N) is 3. The summed E-state index contributed by atoms with van der Waals surface area (Å²) in [6.07, 6.45) is 5.15. The van der Waals surface area contributed by atoms with Crippen molar-refractivity contribution in [3.05, 3.63) is 77.0 Å². The Balaban J connectivity index is 1.16. The number of amides is 1. The van der Waals surface area contributed by atoms with Crippen LogP contribution in [0.3, 0.4) is 0 Å². The third-order valence-corrected chi connectivity index (χ3v) is 8.49. The van der Waals surface area contributed by atoms with Gasteiger partial charge in [0, 0.05) is 49.0 Å². The van der Waals surface area contributed by atoms with Crippen LogP contribution in [0.4, 0.5) is 17.2 Å². The predicted molar refractivity (Wildman–Crippen MR) is 157 cm³/mol. The first kappa shape index (κ1) is 25.7. The van der Waals surface area contributed by atoms with Gasteiger partial charge in [-0.15, -0.1) is 0 Å². The Morgan fingerprint density at radius 2 is 1.97 bits per heavy atom. The molecule has 0 saturated carbocycles. The van der Waals surface area contributed by atoms with Gasteiger partial charge in [-0.05, 0) is 85.9 Å². The molecule has 7 heteroatoms. The summed E-state index contributed by atoms with van der Waals surface area (Å²) in [5.74, 6) is 2.10. The molecule has 204 valence electrons. The van der Waals surface area contributed by atoms with Gasteiger partial charge in [-0.25, -0.2) is 4.98 Å². The van der Waals surface area contributed by atoms with Crippen LogP contribution in [0, 0.1) is 5.92 Å². The Bertz CT molecular complexity index is 1360. The van der Waals surface area contributed by atoms with Gasteiger partial charge in [0.1, 0.15) is 11.6 Å². The fourth-order valence-electron chi connectivity index (χ4n) is 6.27. The van der Waals surface area contributed by atoms with Crippen molar-refractivity contribution in [1.82, 2.24) is 9.88 Å². The number of piperidine rings is 1. The zero-order chi connectivity index (χ0) is 27.0. The minimum Gasteiger partial charge on any atom is -0.493 e. The molecule has 4 heterocycles. The van der Waals surface area contributed by atoms with Crippen molar-refractivity contribution in [2.24, 2.45) is 5.92 Å². The average molecular weight is 526 g/mol. The first-order valence-corrected chi connectivity index (χ1v) is 14.2. The van der Waals surface area contributed by atoms with E-state index in [1.165, 1.54) is 42.7 Å². The highest BCUT2D eigenvalue weighted by Crippen LogP contribution is 2.42. The summed E-state index contributed by atoms with van der Waals surface area (Å²) in [7, 11) is 2.21. The minimum absolute atomic E-state index is 0.0907. The molecule has 0 radical (unpaired) electrons. The smallest absolute Gasteiger partial charge is 0.259 e. The molecule has 3 aliphatic heterocycles. The number of benzene rings is 2. The monoisotopic (exact) mass is 525 g/mol. The first-order chi connectivity index (χ1) is 18.9. The molecule has 3 aromatic rings. The predicted octanol–water partition coefficient (Wildman–Crippen LogP) is 5.32. The van der Waals surface area contributed by atoms with E-state index in [0.29, 0.717) is 23.8 Å². The molecule has 0 atom stereocenters. The summed E-state index contributed by atoms with van der Waals surface area (Å²) < 4.78 is 5.62. The second-order valence-corrected chi connectivity index (χ2v) is 12.0. The first-order valence-electron chi connectivity index (χ1n) is 14.2. The lowest BCUT2D eigenvalue weighted by molar-refractivity contribution is 0.102. The van der Waals surface area contributed by atoms with Gasteiger partial charge in [-0.3, -0.25) is 4.79 Å². The fourth-order valence-corrected chi connectivity index (χ4v) is 6.27. The number of hydrogen-bond acceptors (Lipinski definition) is 6. The standard InChI is InChI=1S/C32H39N5O2/c1-32(2)21-37(20-22-10-14-36(3)15-11-22)28-18-25(7-8-27(28)32)35-31(38)26-5-4-13-33-30(26)34-19-23-6-9-29-24(17-23)12-16-39-29/h4-9,13,17-18,22H,10-12,14-16,19-21H2,1-3H3,(H,33,34)(H,35,38). The molecule has 1 fully saturated rings. The number of anilines is 3. The van der Waals surface area contributed by atoms with Gasteiger partial charge in [0.2, 0.25) is 0 Å². The topological polar surface area (TPSA) is 69.7 Å². The highest BCUT2D eigenvalue weighted by atomic mass is 16.5. The maximum Gasteiger partial charge on any atom is 0.259 e. The second-order valence-electron chi connectivity index (χ2n) is 12.0. The average Bonchev–Trinajstić information content (AvgIpc) is 3.50. The molecule has 2 aromatic carbocycles. The molecule has 7 nitrogen and oxygen atoms in total. The van der Waals surface area contributed by atoms with E-state index in [-0.39, 0.29) is 11.3 Å². The Hall–Kier alpha value is -3.58. The van der Waals surface area contributed by atoms with Crippen molar-refractivity contribution in [2.75, 3.05) is 55.4 Å². The third kappa shape index (κ3) is 5.46. The number of nitrogens with one attached hydrogen (secondary N) is 2. The van der Waals surface area contributed by atoms with Crippen LogP contribution < -0.4 is 20.3 Å². The van der Waals surface area contributed by atoms with E-state index < -0.39 is 0 Å². The number of pyridine rings is 1. The molecule has 1 amide bonds. The molecule has 2 N–H and O–H groups in total. The summed E-state index contributed by atoms with van der Waals surface area (Å²) in [6.45, 7) is 10.4. The number of carbonyl (C=O) groups excluding carboxylic acids is 1. The highest BCUT2D eigenvalue weighted by Gasteiger charge is 2.36. The van der Waals surface area contributed by atoms with Crippen LogP contribution in [0.2, 0.25) is 0 Å². The number of fused-ring (bicyclic) bond motifs is 2. The van der Waals surface area contributed by atoms with E-state index in [4.69, 9.17) is 4.74 Å². The van der Waals surface area contributed by atoms with Crippen molar-refractivity contribution in [3.8, 4) is 5.75 Å². The number of likely N-dealkylation sites (tertiary alicyclic amines) is 1. The van der Waals surface area contributed by atoms with Crippen molar-refractivity contribution >= 4 is 23.1 Å². The molecule has 0 aliphatic carbocycles. The molecular formula is C32H39N5O2. The highest BCUT2D eigenvalue weighted by molar-refractivity contribution is 6.07. The van der Waals surface area contributed by atoms with Crippen molar-refractivity contribution in [2.45, 2.75) is 45.1 Å². The van der Waals surface area contributed by atoms with Crippen molar-refractivity contribution < 1.29 is 9.53 Å². The van der Waals surface area contributed by atoms with Crippen LogP contribution in [0.15, 0.2) is 54.7 Å². The Kier molecular flexibility index (Phi) is 6.94. The Morgan fingerprint density at radius 3 is 2.82 bits per heavy atom. The molecule has 39 heavy (non-hydrogen) atoms. The maximum atomic E-state index is 13.4. The Labute approximate surface area is 231 Å². The zero-order valence-corrected chi connectivity index (χ0v) is 23.3. The number of hydrogen-bond donors (Lipinski definition) is 2. The lowest BCUT2D eigenvalue weighted by Crippen LogP contribution is -2.38.